The Morgan fingerprint density at radius 3 is 2.54 bits per heavy atom. The van der Waals surface area contributed by atoms with Gasteiger partial charge in [-0.3, -0.25) is 9.36 Å². The van der Waals surface area contributed by atoms with Crippen LogP contribution in [0.4, 0.5) is 0 Å². The maximum absolute atomic E-state index is 12.9. The highest BCUT2D eigenvalue weighted by Gasteiger charge is 2.53. The van der Waals surface area contributed by atoms with Gasteiger partial charge >= 0.3 is 0 Å². The molecule has 3 nitrogen and oxygen atoms in total. The van der Waals surface area contributed by atoms with Crippen LogP contribution in [0, 0.1) is 32.1 Å². The molecule has 1 heterocycles. The van der Waals surface area contributed by atoms with Crippen molar-refractivity contribution in [2.45, 2.75) is 72.1 Å². The Morgan fingerprint density at radius 2 is 1.92 bits per heavy atom. The van der Waals surface area contributed by atoms with Gasteiger partial charge in [-0.05, 0) is 81.4 Å². The Kier molecular flexibility index (Phi) is 4.29. The van der Waals surface area contributed by atoms with Crippen LogP contribution in [0.2, 0.25) is 0 Å². The number of aromatic nitrogens is 2. The standard InChI is InChI=1S/C23H30N2O/c1-5-19-14-23(19)11-9-18(10-12-23)20-13-22(26)25(17(4)24-20)21-8-6-7-15(2)16(21)3/h6-8,13,18-19H,5,9-12,14H2,1-4H3. The van der Waals surface area contributed by atoms with Gasteiger partial charge in [-0.15, -0.1) is 0 Å². The van der Waals surface area contributed by atoms with E-state index in [9.17, 15) is 4.79 Å². The van der Waals surface area contributed by atoms with E-state index in [-0.39, 0.29) is 5.56 Å². The Balaban J connectivity index is 1.61. The van der Waals surface area contributed by atoms with Gasteiger partial charge in [-0.1, -0.05) is 25.5 Å². The summed E-state index contributed by atoms with van der Waals surface area (Å²) < 4.78 is 1.77. The molecule has 0 N–H and O–H groups in total. The molecular formula is C23H30N2O. The van der Waals surface area contributed by atoms with Gasteiger partial charge < -0.3 is 0 Å². The Labute approximate surface area is 156 Å². The number of rotatable bonds is 3. The van der Waals surface area contributed by atoms with E-state index in [4.69, 9.17) is 4.98 Å². The van der Waals surface area contributed by atoms with Gasteiger partial charge in [-0.25, -0.2) is 4.98 Å². The van der Waals surface area contributed by atoms with Gasteiger partial charge in [0.05, 0.1) is 11.4 Å². The van der Waals surface area contributed by atoms with Crippen LogP contribution in [0.25, 0.3) is 5.69 Å². The summed E-state index contributed by atoms with van der Waals surface area (Å²) in [6.45, 7) is 8.44. The summed E-state index contributed by atoms with van der Waals surface area (Å²) >= 11 is 0. The first-order valence-electron chi connectivity index (χ1n) is 10.1. The quantitative estimate of drug-likeness (QED) is 0.759. The first kappa shape index (κ1) is 17.5. The second-order valence-corrected chi connectivity index (χ2v) is 8.57. The van der Waals surface area contributed by atoms with Gasteiger partial charge in [0.1, 0.15) is 5.82 Å². The van der Waals surface area contributed by atoms with Crippen molar-refractivity contribution in [3.8, 4) is 5.69 Å². The van der Waals surface area contributed by atoms with Crippen LogP contribution >= 0.6 is 0 Å². The van der Waals surface area contributed by atoms with Crippen molar-refractivity contribution >= 4 is 0 Å². The summed E-state index contributed by atoms with van der Waals surface area (Å²) in [7, 11) is 0. The molecular weight excluding hydrogens is 320 g/mol. The molecule has 1 atom stereocenters. The monoisotopic (exact) mass is 350 g/mol. The zero-order chi connectivity index (χ0) is 18.5. The summed E-state index contributed by atoms with van der Waals surface area (Å²) in [5.74, 6) is 2.22. The number of benzene rings is 1. The van der Waals surface area contributed by atoms with Crippen molar-refractivity contribution in [2.24, 2.45) is 11.3 Å². The highest BCUT2D eigenvalue weighted by atomic mass is 16.1. The molecule has 0 radical (unpaired) electrons. The average molecular weight is 351 g/mol. The van der Waals surface area contributed by atoms with Gasteiger partial charge in [0.25, 0.3) is 5.56 Å². The van der Waals surface area contributed by atoms with E-state index in [2.05, 4.69) is 26.8 Å². The number of nitrogens with zero attached hydrogens (tertiary/aromatic N) is 2. The van der Waals surface area contributed by atoms with Crippen LogP contribution in [0.1, 0.15) is 74.0 Å². The number of aryl methyl sites for hydroxylation is 2. The lowest BCUT2D eigenvalue weighted by atomic mass is 9.77. The average Bonchev–Trinajstić information content (AvgIpc) is 3.31. The Bertz CT molecular complexity index is 888. The first-order valence-corrected chi connectivity index (χ1v) is 10.1. The molecule has 0 amide bonds. The number of hydrogen-bond donors (Lipinski definition) is 0. The van der Waals surface area contributed by atoms with E-state index in [1.165, 1.54) is 44.1 Å². The normalized spacial score (nSPS) is 27.7. The summed E-state index contributed by atoms with van der Waals surface area (Å²) in [6.07, 6.45) is 7.77. The van der Waals surface area contributed by atoms with Crippen molar-refractivity contribution in [1.82, 2.24) is 9.55 Å². The third-order valence-corrected chi connectivity index (χ3v) is 7.17. The zero-order valence-corrected chi connectivity index (χ0v) is 16.5. The molecule has 1 unspecified atom stereocenters. The molecule has 2 aliphatic rings. The summed E-state index contributed by atoms with van der Waals surface area (Å²) in [5.41, 5.74) is 5.01. The summed E-state index contributed by atoms with van der Waals surface area (Å²) in [5, 5.41) is 0. The molecule has 1 spiro atoms. The van der Waals surface area contributed by atoms with E-state index < -0.39 is 0 Å². The summed E-state index contributed by atoms with van der Waals surface area (Å²) in [4.78, 5) is 17.8. The fourth-order valence-electron chi connectivity index (χ4n) is 5.21. The molecule has 2 saturated carbocycles. The molecule has 2 aliphatic carbocycles. The fraction of sp³-hybridized carbons (Fsp3) is 0.565. The second-order valence-electron chi connectivity index (χ2n) is 8.57. The highest BCUT2D eigenvalue weighted by Crippen LogP contribution is 2.64. The smallest absolute Gasteiger partial charge is 0.258 e. The minimum absolute atomic E-state index is 0.0549. The van der Waals surface area contributed by atoms with Crippen molar-refractivity contribution < 1.29 is 0 Å². The van der Waals surface area contributed by atoms with E-state index in [1.54, 1.807) is 10.6 Å². The fourth-order valence-corrected chi connectivity index (χ4v) is 5.21. The summed E-state index contributed by atoms with van der Waals surface area (Å²) in [6, 6.07) is 7.90. The molecule has 1 aromatic carbocycles. The lowest BCUT2D eigenvalue weighted by Crippen LogP contribution is -2.25. The van der Waals surface area contributed by atoms with Crippen LogP contribution in [-0.4, -0.2) is 9.55 Å². The molecule has 0 bridgehead atoms. The van der Waals surface area contributed by atoms with E-state index in [0.29, 0.717) is 11.3 Å². The predicted molar refractivity (Wildman–Crippen MR) is 106 cm³/mol. The lowest BCUT2D eigenvalue weighted by Gasteiger charge is -2.29. The van der Waals surface area contributed by atoms with Crippen LogP contribution in [0.3, 0.4) is 0 Å². The van der Waals surface area contributed by atoms with Crippen molar-refractivity contribution in [1.29, 1.82) is 0 Å². The Hall–Kier alpha value is -1.90. The van der Waals surface area contributed by atoms with Crippen molar-refractivity contribution in [3.05, 3.63) is 57.3 Å². The minimum atomic E-state index is 0.0549. The zero-order valence-electron chi connectivity index (χ0n) is 16.5. The van der Waals surface area contributed by atoms with Crippen LogP contribution in [0.15, 0.2) is 29.1 Å². The van der Waals surface area contributed by atoms with Crippen LogP contribution < -0.4 is 5.56 Å². The predicted octanol–water partition coefficient (Wildman–Crippen LogP) is 5.23. The SMILES string of the molecule is CCC1CC12CCC(c1cc(=O)n(-c3cccc(C)c3C)c(C)n1)CC2. The Morgan fingerprint density at radius 1 is 1.19 bits per heavy atom. The first-order chi connectivity index (χ1) is 12.4. The second kappa shape index (κ2) is 6.37. The molecule has 4 rings (SSSR count). The van der Waals surface area contributed by atoms with Gasteiger partial charge in [0.2, 0.25) is 0 Å². The van der Waals surface area contributed by atoms with Crippen LogP contribution in [-0.2, 0) is 0 Å². The lowest BCUT2D eigenvalue weighted by molar-refractivity contribution is 0.276. The van der Waals surface area contributed by atoms with E-state index in [1.807, 2.05) is 19.1 Å². The van der Waals surface area contributed by atoms with E-state index in [0.717, 1.165) is 28.7 Å². The van der Waals surface area contributed by atoms with Gasteiger partial charge in [-0.2, -0.15) is 0 Å². The van der Waals surface area contributed by atoms with Crippen molar-refractivity contribution in [2.75, 3.05) is 0 Å². The molecule has 1 aromatic heterocycles. The third-order valence-electron chi connectivity index (χ3n) is 7.17. The molecule has 2 aromatic rings. The molecule has 0 saturated heterocycles. The number of hydrogen-bond acceptors (Lipinski definition) is 2. The molecule has 138 valence electrons. The largest absolute Gasteiger partial charge is 0.269 e. The topological polar surface area (TPSA) is 34.9 Å². The molecule has 3 heteroatoms. The molecule has 2 fully saturated rings. The third kappa shape index (κ3) is 2.82. The highest BCUT2D eigenvalue weighted by molar-refractivity contribution is 5.45. The molecule has 26 heavy (non-hydrogen) atoms. The van der Waals surface area contributed by atoms with Crippen molar-refractivity contribution in [3.63, 3.8) is 0 Å². The molecule has 0 aliphatic heterocycles. The van der Waals surface area contributed by atoms with Gasteiger partial charge in [0, 0.05) is 12.0 Å². The maximum atomic E-state index is 12.9. The minimum Gasteiger partial charge on any atom is -0.269 e. The van der Waals surface area contributed by atoms with Gasteiger partial charge in [0.15, 0.2) is 0 Å². The maximum Gasteiger partial charge on any atom is 0.258 e. The van der Waals surface area contributed by atoms with Crippen LogP contribution in [0.5, 0.6) is 0 Å². The van der Waals surface area contributed by atoms with E-state index >= 15 is 0 Å².